The van der Waals surface area contributed by atoms with Crippen LogP contribution in [0.5, 0.6) is 5.75 Å². The van der Waals surface area contributed by atoms with Crippen LogP contribution in [0.3, 0.4) is 0 Å². The van der Waals surface area contributed by atoms with Crippen molar-refractivity contribution in [2.45, 2.75) is 25.7 Å². The molecule has 0 saturated carbocycles. The highest BCUT2D eigenvalue weighted by molar-refractivity contribution is 8.04. The standard InChI is InChI=1S/C24H34N4O5S/c1-19(2)7-6-10-27-22(29)16-31-13-14-33-24(3,34-18-25)17-32-21-9-5-8-20(15-21)23(30)28-12-11-26-4/h5,8-9,15,19,26H,10-14,16-17H2,1-4H3,(H,27,29)(H,28,30)/t24-/m0/s1. The molecule has 0 aliphatic heterocycles. The van der Waals surface area contributed by atoms with E-state index in [4.69, 9.17) is 19.5 Å². The number of hydrogen-bond donors (Lipinski definition) is 3. The number of carbonyl (C=O) groups excluding carboxylic acids is 2. The topological polar surface area (TPSA) is 122 Å². The van der Waals surface area contributed by atoms with E-state index in [0.717, 1.165) is 11.8 Å². The largest absolute Gasteiger partial charge is 0.490 e. The predicted octanol–water partition coefficient (Wildman–Crippen LogP) is 1.75. The van der Waals surface area contributed by atoms with Gasteiger partial charge in [0.2, 0.25) is 5.91 Å². The summed E-state index contributed by atoms with van der Waals surface area (Å²) in [6, 6.07) is 6.80. The second-order valence-electron chi connectivity index (χ2n) is 7.66. The molecule has 0 aliphatic rings. The molecule has 1 aromatic rings. The first-order valence-electron chi connectivity index (χ1n) is 11.0. The second-order valence-corrected chi connectivity index (χ2v) is 8.91. The highest BCUT2D eigenvalue weighted by atomic mass is 32.2. The van der Waals surface area contributed by atoms with Gasteiger partial charge >= 0.3 is 0 Å². The zero-order valence-corrected chi connectivity index (χ0v) is 21.0. The molecule has 3 N–H and O–H groups in total. The fourth-order valence-electron chi connectivity index (χ4n) is 2.47. The minimum absolute atomic E-state index is 0.0745. The van der Waals surface area contributed by atoms with Crippen LogP contribution < -0.4 is 20.7 Å². The SMILES string of the molecule is CNCCNC(=O)c1cccc(OC[C@@](C)(OCCOCC(=O)NCC#CC(C)C)SC#N)c1. The van der Waals surface area contributed by atoms with Crippen LogP contribution in [0.25, 0.3) is 0 Å². The van der Waals surface area contributed by atoms with Crippen molar-refractivity contribution >= 4 is 23.6 Å². The summed E-state index contributed by atoms with van der Waals surface area (Å²) < 4.78 is 16.9. The van der Waals surface area contributed by atoms with E-state index in [1.165, 1.54) is 0 Å². The predicted molar refractivity (Wildman–Crippen MR) is 132 cm³/mol. The molecular weight excluding hydrogens is 456 g/mol. The Labute approximate surface area is 206 Å². The molecule has 0 unspecified atom stereocenters. The number of nitrogens with zero attached hydrogens (tertiary/aromatic N) is 1. The smallest absolute Gasteiger partial charge is 0.251 e. The maximum absolute atomic E-state index is 12.2. The van der Waals surface area contributed by atoms with E-state index >= 15 is 0 Å². The molecule has 0 bridgehead atoms. The van der Waals surface area contributed by atoms with Crippen LogP contribution in [-0.4, -0.2) is 69.9 Å². The number of thiocyanates is 1. The number of carbonyl (C=O) groups is 2. The number of nitriles is 1. The quantitative estimate of drug-likeness (QED) is 0.147. The molecule has 0 spiro atoms. The summed E-state index contributed by atoms with van der Waals surface area (Å²) >= 11 is 0.924. The van der Waals surface area contributed by atoms with Crippen molar-refractivity contribution in [3.05, 3.63) is 29.8 Å². The highest BCUT2D eigenvalue weighted by Crippen LogP contribution is 2.27. The van der Waals surface area contributed by atoms with Crippen molar-refractivity contribution in [1.29, 1.82) is 5.26 Å². The van der Waals surface area contributed by atoms with Crippen LogP contribution in [-0.2, 0) is 14.3 Å². The average Bonchev–Trinajstić information content (AvgIpc) is 2.81. The fraction of sp³-hybridized carbons (Fsp3) is 0.542. The lowest BCUT2D eigenvalue weighted by molar-refractivity contribution is -0.126. The zero-order valence-electron chi connectivity index (χ0n) is 20.2. The summed E-state index contributed by atoms with van der Waals surface area (Å²) in [6.45, 7) is 7.47. The Hall–Kier alpha value is -2.76. The Bertz CT molecular complexity index is 878. The number of hydrogen-bond acceptors (Lipinski definition) is 8. The van der Waals surface area contributed by atoms with E-state index in [-0.39, 0.29) is 50.7 Å². The minimum Gasteiger partial charge on any atom is -0.490 e. The molecule has 0 radical (unpaired) electrons. The van der Waals surface area contributed by atoms with Crippen molar-refractivity contribution in [3.8, 4) is 23.0 Å². The molecule has 0 saturated heterocycles. The number of benzene rings is 1. The summed E-state index contributed by atoms with van der Waals surface area (Å²) in [5.41, 5.74) is 0.478. The van der Waals surface area contributed by atoms with Gasteiger partial charge in [-0.3, -0.25) is 9.59 Å². The Morgan fingerprint density at radius 2 is 2.00 bits per heavy atom. The number of rotatable bonds is 15. The highest BCUT2D eigenvalue weighted by Gasteiger charge is 2.28. The van der Waals surface area contributed by atoms with Crippen molar-refractivity contribution < 1.29 is 23.8 Å². The molecule has 10 heteroatoms. The van der Waals surface area contributed by atoms with Crippen molar-refractivity contribution in [1.82, 2.24) is 16.0 Å². The van der Waals surface area contributed by atoms with Crippen LogP contribution in [0.15, 0.2) is 24.3 Å². The third kappa shape index (κ3) is 13.1. The van der Waals surface area contributed by atoms with E-state index < -0.39 is 4.93 Å². The van der Waals surface area contributed by atoms with Gasteiger partial charge in [0.1, 0.15) is 24.4 Å². The average molecular weight is 491 g/mol. The second kappa shape index (κ2) is 16.8. The van der Waals surface area contributed by atoms with Gasteiger partial charge in [-0.15, -0.1) is 0 Å². The monoisotopic (exact) mass is 490 g/mol. The molecule has 0 aromatic heterocycles. The summed E-state index contributed by atoms with van der Waals surface area (Å²) in [4.78, 5) is 23.0. The van der Waals surface area contributed by atoms with Crippen LogP contribution in [0.1, 0.15) is 31.1 Å². The molecule has 186 valence electrons. The first kappa shape index (κ1) is 29.3. The third-order valence-electron chi connectivity index (χ3n) is 4.15. The van der Waals surface area contributed by atoms with Gasteiger partial charge in [0.15, 0.2) is 4.93 Å². The molecule has 2 amide bonds. The fourth-order valence-corrected chi connectivity index (χ4v) is 2.93. The lowest BCUT2D eigenvalue weighted by Crippen LogP contribution is -2.34. The lowest BCUT2D eigenvalue weighted by atomic mass is 10.2. The van der Waals surface area contributed by atoms with E-state index in [9.17, 15) is 9.59 Å². The van der Waals surface area contributed by atoms with E-state index in [1.54, 1.807) is 31.2 Å². The minimum atomic E-state index is -0.960. The van der Waals surface area contributed by atoms with E-state index in [2.05, 4.69) is 27.8 Å². The number of ether oxygens (including phenoxy) is 3. The molecule has 0 heterocycles. The Morgan fingerprint density at radius 1 is 1.21 bits per heavy atom. The number of nitrogens with one attached hydrogen (secondary N) is 3. The zero-order chi connectivity index (χ0) is 25.2. The lowest BCUT2D eigenvalue weighted by Gasteiger charge is -2.26. The van der Waals surface area contributed by atoms with Gasteiger partial charge in [0.05, 0.1) is 19.8 Å². The maximum atomic E-state index is 12.2. The van der Waals surface area contributed by atoms with Crippen molar-refractivity contribution in [2.75, 3.05) is 53.1 Å². The Kier molecular flexibility index (Phi) is 14.5. The Morgan fingerprint density at radius 3 is 2.71 bits per heavy atom. The molecule has 0 aliphatic carbocycles. The van der Waals surface area contributed by atoms with E-state index in [1.807, 2.05) is 26.3 Å². The van der Waals surface area contributed by atoms with Gasteiger partial charge < -0.3 is 30.2 Å². The van der Waals surface area contributed by atoms with Gasteiger partial charge in [-0.05, 0) is 43.9 Å². The number of thioether (sulfide) groups is 1. The molecule has 9 nitrogen and oxygen atoms in total. The van der Waals surface area contributed by atoms with Gasteiger partial charge in [0.25, 0.3) is 5.91 Å². The van der Waals surface area contributed by atoms with Crippen LogP contribution in [0, 0.1) is 28.4 Å². The van der Waals surface area contributed by atoms with Crippen molar-refractivity contribution in [2.24, 2.45) is 5.92 Å². The third-order valence-corrected chi connectivity index (χ3v) is 4.91. The van der Waals surface area contributed by atoms with Gasteiger partial charge in [-0.2, -0.15) is 5.26 Å². The number of likely N-dealkylation sites (N-methyl/N-ethyl adjacent to an activating group) is 1. The van der Waals surface area contributed by atoms with Gasteiger partial charge in [0, 0.05) is 24.6 Å². The Balaban J connectivity index is 2.44. The normalized spacial score (nSPS) is 12.1. The summed E-state index contributed by atoms with van der Waals surface area (Å²) in [7, 11) is 1.81. The molecule has 1 atom stereocenters. The van der Waals surface area contributed by atoms with Crippen molar-refractivity contribution in [3.63, 3.8) is 0 Å². The maximum Gasteiger partial charge on any atom is 0.251 e. The first-order valence-corrected chi connectivity index (χ1v) is 11.8. The van der Waals surface area contributed by atoms with Crippen LogP contribution >= 0.6 is 11.8 Å². The summed E-state index contributed by atoms with van der Waals surface area (Å²) in [5, 5.41) is 19.6. The molecular formula is C24H34N4O5S. The van der Waals surface area contributed by atoms with Gasteiger partial charge in [-0.25, -0.2) is 0 Å². The first-order chi connectivity index (χ1) is 16.3. The van der Waals surface area contributed by atoms with Gasteiger partial charge in [-0.1, -0.05) is 31.8 Å². The van der Waals surface area contributed by atoms with Crippen LogP contribution in [0.2, 0.25) is 0 Å². The molecule has 1 aromatic carbocycles. The number of amides is 2. The molecule has 34 heavy (non-hydrogen) atoms. The van der Waals surface area contributed by atoms with Crippen LogP contribution in [0.4, 0.5) is 0 Å². The summed E-state index contributed by atoms with van der Waals surface area (Å²) in [6.07, 6.45) is 0. The summed E-state index contributed by atoms with van der Waals surface area (Å²) in [5.74, 6) is 6.12. The molecule has 1 rings (SSSR count). The molecule has 0 fully saturated rings. The van der Waals surface area contributed by atoms with E-state index in [0.29, 0.717) is 24.4 Å².